The number of carbonyl (C=O) groups is 6. The van der Waals surface area contributed by atoms with Crippen LogP contribution in [0, 0.1) is 16.6 Å². The maximum atomic E-state index is 14.2. The van der Waals surface area contributed by atoms with Gasteiger partial charge in [-0.15, -0.1) is 0 Å². The second kappa shape index (κ2) is 19.4. The molecule has 15 nitrogen and oxygen atoms in total. The minimum atomic E-state index is -0.896. The van der Waals surface area contributed by atoms with E-state index in [1.54, 1.807) is 36.4 Å². The molecule has 0 unspecified atom stereocenters. The summed E-state index contributed by atoms with van der Waals surface area (Å²) in [5.74, 6) is -1.76. The molecule has 3 heterocycles. The second-order valence-corrected chi connectivity index (χ2v) is 18.3. The van der Waals surface area contributed by atoms with E-state index in [1.807, 2.05) is 82.5 Å². The fourth-order valence-electron chi connectivity index (χ4n) is 8.24. The van der Waals surface area contributed by atoms with E-state index < -0.39 is 47.2 Å². The van der Waals surface area contributed by atoms with Crippen molar-refractivity contribution in [3.05, 3.63) is 90.7 Å². The van der Waals surface area contributed by atoms with Gasteiger partial charge in [-0.1, -0.05) is 65.8 Å². The minimum absolute atomic E-state index is 0.336. The molecule has 6 rings (SSSR count). The first-order valence-corrected chi connectivity index (χ1v) is 21.4. The number of likely N-dealkylation sites (tertiary alicyclic amines) is 2. The van der Waals surface area contributed by atoms with Crippen molar-refractivity contribution in [2.75, 3.05) is 37.9 Å². The third-order valence-corrected chi connectivity index (χ3v) is 11.7. The van der Waals surface area contributed by atoms with E-state index in [0.717, 1.165) is 22.5 Å². The van der Waals surface area contributed by atoms with E-state index >= 15 is 0 Å². The van der Waals surface area contributed by atoms with Crippen LogP contribution in [0.5, 0.6) is 0 Å². The number of benzene rings is 3. The smallest absolute Gasteiger partial charge is 0.407 e. The number of hydrogen-bond donors (Lipinski definition) is 4. The Morgan fingerprint density at radius 1 is 0.578 bits per heavy atom. The molecule has 2 saturated heterocycles. The molecule has 6 amide bonds. The van der Waals surface area contributed by atoms with Crippen LogP contribution in [0.2, 0.25) is 0 Å². The monoisotopic (exact) mass is 879 g/mol. The van der Waals surface area contributed by atoms with E-state index in [-0.39, 0.29) is 29.4 Å². The van der Waals surface area contributed by atoms with Gasteiger partial charge in [-0.05, 0) is 108 Å². The molecule has 0 bridgehead atoms. The number of anilines is 2. The molecular formula is C48H58FN7O8. The van der Waals surface area contributed by atoms with Crippen LogP contribution >= 0.6 is 0 Å². The summed E-state index contributed by atoms with van der Waals surface area (Å²) in [6, 6.07) is 21.4. The molecule has 0 spiro atoms. The Kier molecular flexibility index (Phi) is 14.1. The number of ether oxygens (including phenoxy) is 2. The fraction of sp³-hybridized carbons (Fsp3) is 0.417. The van der Waals surface area contributed by atoms with Crippen molar-refractivity contribution in [1.29, 1.82) is 0 Å². The third-order valence-electron chi connectivity index (χ3n) is 11.7. The summed E-state index contributed by atoms with van der Waals surface area (Å²) in [6.45, 7) is 11.8. The first-order chi connectivity index (χ1) is 30.3. The molecule has 16 heteroatoms. The molecular weight excluding hydrogens is 822 g/mol. The van der Waals surface area contributed by atoms with Gasteiger partial charge in [-0.2, -0.15) is 0 Å². The summed E-state index contributed by atoms with van der Waals surface area (Å²) in [7, 11) is 2.46. The molecule has 340 valence electrons. The fourth-order valence-corrected chi connectivity index (χ4v) is 8.24. The van der Waals surface area contributed by atoms with E-state index in [1.165, 1.54) is 36.2 Å². The van der Waals surface area contributed by atoms with Crippen LogP contribution in [-0.2, 0) is 28.7 Å². The Hall–Kier alpha value is -6.71. The number of nitrogens with zero attached hydrogens (tertiary/aromatic N) is 3. The van der Waals surface area contributed by atoms with Gasteiger partial charge in [0.2, 0.25) is 23.6 Å². The zero-order chi connectivity index (χ0) is 46.5. The Balaban J connectivity index is 1.19. The highest BCUT2D eigenvalue weighted by atomic mass is 19.1. The van der Waals surface area contributed by atoms with Crippen molar-refractivity contribution in [2.24, 2.45) is 10.8 Å². The summed E-state index contributed by atoms with van der Waals surface area (Å²) in [5.41, 5.74) is 3.69. The normalized spacial score (nSPS) is 17.3. The highest BCUT2D eigenvalue weighted by Crippen LogP contribution is 2.35. The van der Waals surface area contributed by atoms with Crippen molar-refractivity contribution < 1.29 is 42.6 Å². The van der Waals surface area contributed by atoms with E-state index in [2.05, 4.69) is 21.3 Å². The van der Waals surface area contributed by atoms with Gasteiger partial charge in [-0.3, -0.25) is 19.2 Å². The van der Waals surface area contributed by atoms with Crippen molar-refractivity contribution >= 4 is 47.2 Å². The molecule has 4 aromatic rings. The second-order valence-electron chi connectivity index (χ2n) is 18.3. The Morgan fingerprint density at radius 3 is 1.30 bits per heavy atom. The number of methoxy groups -OCH3 is 2. The SMILES string of the molecule is COC(=O)N[C@H](C(=O)N1CCC[C@H]1C(=O)Nc1ccc(-c2ccc(-c3ccc(NC(=O)[C@@H]4CCCN4C(=O)[C@@H](NC(=O)OC)C(C)(C)C)cc3)n2-c2ccc(F)cc2)cc1)C(C)(C)C. The number of amides is 6. The van der Waals surface area contributed by atoms with Gasteiger partial charge in [0.05, 0.1) is 25.6 Å². The third kappa shape index (κ3) is 10.5. The Labute approximate surface area is 373 Å². The lowest BCUT2D eigenvalue weighted by atomic mass is 9.85. The highest BCUT2D eigenvalue weighted by molar-refractivity contribution is 6.00. The van der Waals surface area contributed by atoms with E-state index in [4.69, 9.17) is 9.47 Å². The summed E-state index contributed by atoms with van der Waals surface area (Å²) in [5, 5.41) is 11.2. The Bertz CT molecular complexity index is 2210. The maximum absolute atomic E-state index is 14.2. The number of nitrogens with one attached hydrogen (secondary N) is 4. The molecule has 2 aliphatic rings. The number of halogens is 1. The first-order valence-electron chi connectivity index (χ1n) is 21.4. The lowest BCUT2D eigenvalue weighted by Gasteiger charge is -2.35. The lowest BCUT2D eigenvalue weighted by molar-refractivity contribution is -0.140. The van der Waals surface area contributed by atoms with Crippen molar-refractivity contribution in [2.45, 2.75) is 91.4 Å². The average Bonchev–Trinajstić information content (AvgIpc) is 4.05. The van der Waals surface area contributed by atoms with Gasteiger partial charge >= 0.3 is 12.2 Å². The van der Waals surface area contributed by atoms with Crippen molar-refractivity contribution in [1.82, 2.24) is 25.0 Å². The van der Waals surface area contributed by atoms with E-state index in [0.29, 0.717) is 55.8 Å². The number of carbonyl (C=O) groups excluding carboxylic acids is 6. The minimum Gasteiger partial charge on any atom is -0.453 e. The highest BCUT2D eigenvalue weighted by Gasteiger charge is 2.43. The predicted molar refractivity (Wildman–Crippen MR) is 241 cm³/mol. The zero-order valence-corrected chi connectivity index (χ0v) is 37.6. The molecule has 3 aromatic carbocycles. The molecule has 0 radical (unpaired) electrons. The molecule has 4 atom stereocenters. The molecule has 2 aliphatic heterocycles. The molecule has 1 aromatic heterocycles. The van der Waals surface area contributed by atoms with Crippen LogP contribution in [0.25, 0.3) is 28.2 Å². The van der Waals surface area contributed by atoms with Crippen molar-refractivity contribution in [3.63, 3.8) is 0 Å². The number of rotatable bonds is 11. The molecule has 4 N–H and O–H groups in total. The summed E-state index contributed by atoms with van der Waals surface area (Å²) < 4.78 is 25.7. The Morgan fingerprint density at radius 2 is 0.953 bits per heavy atom. The number of alkyl carbamates (subject to hydrolysis) is 2. The van der Waals surface area contributed by atoms with Crippen molar-refractivity contribution in [3.8, 4) is 28.2 Å². The first kappa shape index (κ1) is 46.8. The van der Waals surface area contributed by atoms with Crippen LogP contribution in [0.15, 0.2) is 84.9 Å². The lowest BCUT2D eigenvalue weighted by Crippen LogP contribution is -2.57. The molecule has 0 aliphatic carbocycles. The van der Waals surface area contributed by atoms with Gasteiger partial charge in [-0.25, -0.2) is 14.0 Å². The van der Waals surface area contributed by atoms with Crippen LogP contribution in [0.3, 0.4) is 0 Å². The quantitative estimate of drug-likeness (QED) is 0.121. The largest absolute Gasteiger partial charge is 0.453 e. The standard InChI is InChI=1S/C48H58FN7O8/c1-47(2,3)39(52-45(61)63-7)43(59)54-27-9-11-37(54)41(57)50-32-19-13-29(14-20-32)35-25-26-36(56(35)34-23-17-31(49)18-24-34)30-15-21-33(22-16-30)51-42(58)38-12-10-28-55(38)44(60)40(48(4,5)6)53-46(62)64-8/h13-26,37-40H,9-12,27-28H2,1-8H3,(H,50,57)(H,51,58)(H,52,61)(H,53,62)/t37-,38-,39+,40+/m0/s1. The van der Waals surface area contributed by atoms with Gasteiger partial charge in [0, 0.05) is 30.2 Å². The summed E-state index contributed by atoms with van der Waals surface area (Å²) in [6.07, 6.45) is 0.769. The average molecular weight is 880 g/mol. The van der Waals surface area contributed by atoms with Gasteiger partial charge in [0.15, 0.2) is 0 Å². The van der Waals surface area contributed by atoms with Gasteiger partial charge in [0.25, 0.3) is 0 Å². The predicted octanol–water partition coefficient (Wildman–Crippen LogP) is 7.35. The summed E-state index contributed by atoms with van der Waals surface area (Å²) in [4.78, 5) is 82.0. The summed E-state index contributed by atoms with van der Waals surface area (Å²) >= 11 is 0. The van der Waals surface area contributed by atoms with Gasteiger partial charge in [0.1, 0.15) is 30.0 Å². The maximum Gasteiger partial charge on any atom is 0.407 e. The van der Waals surface area contributed by atoms with Crippen LogP contribution in [0.1, 0.15) is 67.2 Å². The zero-order valence-electron chi connectivity index (χ0n) is 37.6. The molecule has 2 fully saturated rings. The van der Waals surface area contributed by atoms with E-state index in [9.17, 15) is 33.2 Å². The van der Waals surface area contributed by atoms with Crippen LogP contribution < -0.4 is 21.3 Å². The number of aromatic nitrogens is 1. The molecule has 0 saturated carbocycles. The van der Waals surface area contributed by atoms with Crippen LogP contribution in [0.4, 0.5) is 25.4 Å². The topological polar surface area (TPSA) is 180 Å². The van der Waals surface area contributed by atoms with Gasteiger partial charge < -0.3 is 45.1 Å². The molecule has 64 heavy (non-hydrogen) atoms. The number of hydrogen-bond acceptors (Lipinski definition) is 8. The van der Waals surface area contributed by atoms with Crippen LogP contribution in [-0.4, -0.2) is 102 Å².